The second kappa shape index (κ2) is 7.12. The van der Waals surface area contributed by atoms with E-state index in [1.807, 2.05) is 0 Å². The summed E-state index contributed by atoms with van der Waals surface area (Å²) in [5, 5.41) is 13.5. The summed E-state index contributed by atoms with van der Waals surface area (Å²) in [6, 6.07) is 10.3. The van der Waals surface area contributed by atoms with Crippen LogP contribution in [0.2, 0.25) is 10.0 Å². The first-order valence-corrected chi connectivity index (χ1v) is 7.99. The van der Waals surface area contributed by atoms with E-state index in [0.29, 0.717) is 11.1 Å². The van der Waals surface area contributed by atoms with Crippen LogP contribution in [-0.2, 0) is 0 Å². The molecule has 0 unspecified atom stereocenters. The third kappa shape index (κ3) is 3.38. The van der Waals surface area contributed by atoms with Crippen LogP contribution in [-0.4, -0.2) is 14.8 Å². The van der Waals surface area contributed by atoms with Gasteiger partial charge in [0.1, 0.15) is 12.0 Å². The minimum absolute atomic E-state index is 0.128. The van der Waals surface area contributed by atoms with Crippen molar-refractivity contribution in [3.8, 4) is 11.8 Å². The Hall–Kier alpha value is -2.95. The highest BCUT2D eigenvalue weighted by Crippen LogP contribution is 2.37. The van der Waals surface area contributed by atoms with E-state index in [-0.39, 0.29) is 15.7 Å². The summed E-state index contributed by atoms with van der Waals surface area (Å²) in [6.07, 6.45) is 0.938. The third-order valence-corrected chi connectivity index (χ3v) is 4.27. The molecule has 3 aromatic rings. The summed E-state index contributed by atoms with van der Waals surface area (Å²) in [4.78, 5) is 25.1. The number of nitrogens with one attached hydrogen (secondary N) is 1. The first-order valence-electron chi connectivity index (χ1n) is 7.23. The fourth-order valence-electron chi connectivity index (χ4n) is 2.47. The van der Waals surface area contributed by atoms with Gasteiger partial charge < -0.3 is 0 Å². The van der Waals surface area contributed by atoms with Gasteiger partial charge in [0.2, 0.25) is 0 Å². The van der Waals surface area contributed by atoms with Gasteiger partial charge in [-0.15, -0.1) is 0 Å². The Bertz CT molecular complexity index is 1110. The summed E-state index contributed by atoms with van der Waals surface area (Å²) in [5.74, 6) is -1.26. The number of hydrogen-bond donors (Lipinski definition) is 1. The molecule has 0 bridgehead atoms. The number of benzene rings is 2. The van der Waals surface area contributed by atoms with Crippen molar-refractivity contribution in [2.24, 2.45) is 0 Å². The number of nitrogens with zero attached hydrogens (tertiary/aromatic N) is 3. The van der Waals surface area contributed by atoms with Crippen LogP contribution in [0.1, 0.15) is 17.0 Å². The molecule has 0 radical (unpaired) electrons. The lowest BCUT2D eigenvalue weighted by Gasteiger charge is -2.15. The maximum absolute atomic E-state index is 13.1. The van der Waals surface area contributed by atoms with Crippen LogP contribution in [0.15, 0.2) is 52.2 Å². The normalized spacial score (nSPS) is 11.8. The number of aromatic amines is 1. The van der Waals surface area contributed by atoms with E-state index in [9.17, 15) is 19.2 Å². The van der Waals surface area contributed by atoms with E-state index in [4.69, 9.17) is 23.2 Å². The second-order valence-electron chi connectivity index (χ2n) is 5.29. The van der Waals surface area contributed by atoms with Gasteiger partial charge in [-0.2, -0.15) is 15.0 Å². The molecule has 3 rings (SSSR count). The van der Waals surface area contributed by atoms with Crippen LogP contribution in [0.4, 0.5) is 4.39 Å². The van der Waals surface area contributed by atoms with Gasteiger partial charge >= 0.3 is 5.69 Å². The minimum atomic E-state index is -0.829. The van der Waals surface area contributed by atoms with Crippen molar-refractivity contribution in [2.45, 2.75) is 5.92 Å². The molecule has 1 aromatic heterocycles. The minimum Gasteiger partial charge on any atom is -0.271 e. The summed E-state index contributed by atoms with van der Waals surface area (Å²) >= 11 is 12.6. The number of H-pyrrole nitrogens is 1. The highest BCUT2D eigenvalue weighted by Gasteiger charge is 2.21. The summed E-state index contributed by atoms with van der Waals surface area (Å²) in [5.41, 5.74) is -0.331. The van der Waals surface area contributed by atoms with Crippen LogP contribution in [0.25, 0.3) is 5.69 Å². The predicted octanol–water partition coefficient (Wildman–Crippen LogP) is 3.02. The van der Waals surface area contributed by atoms with Crippen molar-refractivity contribution >= 4 is 23.2 Å². The Morgan fingerprint density at radius 2 is 1.77 bits per heavy atom. The molecule has 1 N–H and O–H groups in total. The van der Waals surface area contributed by atoms with Crippen LogP contribution in [0.5, 0.6) is 0 Å². The van der Waals surface area contributed by atoms with Gasteiger partial charge in [0, 0.05) is 15.6 Å². The topological polar surface area (TPSA) is 91.5 Å². The average molecular weight is 391 g/mol. The molecule has 0 amide bonds. The monoisotopic (exact) mass is 390 g/mol. The SMILES string of the molecule is N#C[C@@H](c1ccc(F)cc1)c1c(Cl)cc(-n2ncc(=O)[nH]c2=O)cc1Cl. The Balaban J connectivity index is 2.12. The maximum Gasteiger partial charge on any atom is 0.349 e. The number of aromatic nitrogens is 3. The summed E-state index contributed by atoms with van der Waals surface area (Å²) in [6.45, 7) is 0. The van der Waals surface area contributed by atoms with Gasteiger partial charge in [-0.25, -0.2) is 9.18 Å². The van der Waals surface area contributed by atoms with Gasteiger partial charge in [0.15, 0.2) is 0 Å². The van der Waals surface area contributed by atoms with Crippen LogP contribution in [0.3, 0.4) is 0 Å². The molecule has 0 fully saturated rings. The van der Waals surface area contributed by atoms with E-state index < -0.39 is 23.0 Å². The summed E-state index contributed by atoms with van der Waals surface area (Å²) < 4.78 is 14.0. The highest BCUT2D eigenvalue weighted by atomic mass is 35.5. The van der Waals surface area contributed by atoms with Gasteiger partial charge in [-0.1, -0.05) is 35.3 Å². The average Bonchev–Trinajstić information content (AvgIpc) is 2.59. The third-order valence-electron chi connectivity index (χ3n) is 3.64. The quantitative estimate of drug-likeness (QED) is 0.743. The van der Waals surface area contributed by atoms with Gasteiger partial charge in [0.05, 0.1) is 17.7 Å². The van der Waals surface area contributed by atoms with Gasteiger partial charge in [-0.05, 0) is 29.8 Å². The zero-order chi connectivity index (χ0) is 18.8. The lowest BCUT2D eigenvalue weighted by molar-refractivity contribution is 0.627. The smallest absolute Gasteiger partial charge is 0.271 e. The molecule has 1 heterocycles. The van der Waals surface area contributed by atoms with Crippen LogP contribution < -0.4 is 11.2 Å². The number of nitriles is 1. The molecule has 6 nitrogen and oxygen atoms in total. The molecule has 0 aliphatic carbocycles. The molecule has 2 aromatic carbocycles. The van der Waals surface area contributed by atoms with Crippen molar-refractivity contribution in [1.29, 1.82) is 5.26 Å². The first-order chi connectivity index (χ1) is 12.4. The van der Waals surface area contributed by atoms with Crippen molar-refractivity contribution in [3.63, 3.8) is 0 Å². The Kier molecular flexibility index (Phi) is 4.89. The first kappa shape index (κ1) is 17.9. The van der Waals surface area contributed by atoms with E-state index in [1.54, 1.807) is 0 Å². The second-order valence-corrected chi connectivity index (χ2v) is 6.10. The Morgan fingerprint density at radius 3 is 2.31 bits per heavy atom. The molecular weight excluding hydrogens is 382 g/mol. The molecule has 0 aliphatic heterocycles. The zero-order valence-electron chi connectivity index (χ0n) is 12.9. The fourth-order valence-corrected chi connectivity index (χ4v) is 3.16. The van der Waals surface area contributed by atoms with Crippen LogP contribution in [0, 0.1) is 17.1 Å². The van der Waals surface area contributed by atoms with E-state index in [0.717, 1.165) is 10.9 Å². The lowest BCUT2D eigenvalue weighted by atomic mass is 9.92. The molecular formula is C17H9Cl2FN4O2. The molecule has 0 aliphatic rings. The van der Waals surface area contributed by atoms with Crippen LogP contribution >= 0.6 is 23.2 Å². The fraction of sp³-hybridized carbons (Fsp3) is 0.0588. The largest absolute Gasteiger partial charge is 0.349 e. The highest BCUT2D eigenvalue weighted by molar-refractivity contribution is 6.36. The van der Waals surface area contributed by atoms with Crippen molar-refractivity contribution in [3.05, 3.63) is 90.4 Å². The summed E-state index contributed by atoms with van der Waals surface area (Å²) in [7, 11) is 0. The van der Waals surface area contributed by atoms with E-state index in [1.165, 1.54) is 36.4 Å². The van der Waals surface area contributed by atoms with E-state index in [2.05, 4.69) is 16.2 Å². The molecule has 26 heavy (non-hydrogen) atoms. The Morgan fingerprint density at radius 1 is 1.15 bits per heavy atom. The number of hydrogen-bond acceptors (Lipinski definition) is 4. The predicted molar refractivity (Wildman–Crippen MR) is 94.3 cm³/mol. The number of rotatable bonds is 3. The van der Waals surface area contributed by atoms with Gasteiger partial charge in [-0.3, -0.25) is 9.78 Å². The molecule has 1 atom stereocenters. The zero-order valence-corrected chi connectivity index (χ0v) is 14.4. The van der Waals surface area contributed by atoms with Gasteiger partial charge in [0.25, 0.3) is 5.56 Å². The molecule has 0 spiro atoms. The maximum atomic E-state index is 13.1. The van der Waals surface area contributed by atoms with Crippen molar-refractivity contribution in [2.75, 3.05) is 0 Å². The standard InChI is InChI=1S/C17H9Cl2FN4O2/c18-13-5-11(24-17(26)23-15(25)8-22-24)6-14(19)16(13)12(7-21)9-1-3-10(20)4-2-9/h1-6,8,12H,(H,23,25,26)/t12-/m0/s1. The molecule has 9 heteroatoms. The molecule has 0 saturated heterocycles. The Labute approximate surface area is 156 Å². The van der Waals surface area contributed by atoms with Crippen molar-refractivity contribution < 1.29 is 4.39 Å². The van der Waals surface area contributed by atoms with Crippen molar-refractivity contribution in [1.82, 2.24) is 14.8 Å². The number of halogens is 3. The lowest BCUT2D eigenvalue weighted by Crippen LogP contribution is -2.30. The molecule has 130 valence electrons. The van der Waals surface area contributed by atoms with E-state index >= 15 is 0 Å². The molecule has 0 saturated carbocycles.